The van der Waals surface area contributed by atoms with Crippen molar-refractivity contribution >= 4 is 5.91 Å². The molecule has 0 saturated heterocycles. The Hall–Kier alpha value is -2.50. The number of alkyl halides is 3. The number of benzene rings is 2. The minimum absolute atomic E-state index is 0.0917. The van der Waals surface area contributed by atoms with Crippen LogP contribution in [0.5, 0.6) is 5.75 Å². The molecule has 0 aliphatic carbocycles. The molecule has 0 aliphatic rings. The van der Waals surface area contributed by atoms with Crippen LogP contribution >= 0.6 is 0 Å². The minimum Gasteiger partial charge on any atom is -0.491 e. The van der Waals surface area contributed by atoms with Crippen LogP contribution in [0.15, 0.2) is 42.5 Å². The Labute approximate surface area is 151 Å². The van der Waals surface area contributed by atoms with Gasteiger partial charge in [0.25, 0.3) is 5.91 Å². The number of nitrogens with one attached hydrogen (secondary N) is 1. The topological polar surface area (TPSA) is 38.3 Å². The Morgan fingerprint density at radius 1 is 1.15 bits per heavy atom. The van der Waals surface area contributed by atoms with E-state index in [2.05, 4.69) is 5.32 Å². The van der Waals surface area contributed by atoms with Crippen molar-refractivity contribution in [1.29, 1.82) is 0 Å². The largest absolute Gasteiger partial charge is 0.491 e. The van der Waals surface area contributed by atoms with Crippen molar-refractivity contribution in [1.82, 2.24) is 5.32 Å². The Kier molecular flexibility index (Phi) is 6.29. The molecule has 1 N–H and O–H groups in total. The molecule has 0 aromatic heterocycles. The van der Waals surface area contributed by atoms with E-state index in [1.807, 2.05) is 32.9 Å². The van der Waals surface area contributed by atoms with Crippen LogP contribution in [-0.2, 0) is 6.18 Å². The molecule has 2 rings (SSSR count). The van der Waals surface area contributed by atoms with E-state index in [4.69, 9.17) is 4.74 Å². The van der Waals surface area contributed by atoms with E-state index in [0.29, 0.717) is 12.0 Å². The molecule has 0 radical (unpaired) electrons. The quantitative estimate of drug-likeness (QED) is 0.790. The highest BCUT2D eigenvalue weighted by molar-refractivity contribution is 5.96. The molecule has 3 nitrogen and oxygen atoms in total. The van der Waals surface area contributed by atoms with Crippen LogP contribution in [0.1, 0.15) is 40.4 Å². The SMILES string of the molecule is CCC(COc1cccc(C(F)(F)F)c1)NC(=O)c1cccc(C)c1C. The van der Waals surface area contributed by atoms with Gasteiger partial charge in [-0.1, -0.05) is 25.1 Å². The number of carbonyl (C=O) groups is 1. The van der Waals surface area contributed by atoms with Crippen LogP contribution < -0.4 is 10.1 Å². The first-order chi connectivity index (χ1) is 12.2. The molecule has 2 aromatic rings. The fraction of sp³-hybridized carbons (Fsp3) is 0.350. The monoisotopic (exact) mass is 365 g/mol. The average Bonchev–Trinajstić information content (AvgIpc) is 2.60. The lowest BCUT2D eigenvalue weighted by molar-refractivity contribution is -0.137. The summed E-state index contributed by atoms with van der Waals surface area (Å²) < 4.78 is 43.7. The van der Waals surface area contributed by atoms with Crippen LogP contribution in [0.4, 0.5) is 13.2 Å². The van der Waals surface area contributed by atoms with Gasteiger partial charge in [-0.2, -0.15) is 13.2 Å². The average molecular weight is 365 g/mol. The molecule has 0 bridgehead atoms. The molecular weight excluding hydrogens is 343 g/mol. The van der Waals surface area contributed by atoms with Crippen molar-refractivity contribution < 1.29 is 22.7 Å². The highest BCUT2D eigenvalue weighted by atomic mass is 19.4. The molecule has 0 spiro atoms. The molecule has 6 heteroatoms. The maximum absolute atomic E-state index is 12.8. The molecule has 0 saturated carbocycles. The third-order valence-corrected chi connectivity index (χ3v) is 4.29. The number of aryl methyl sites for hydroxylation is 1. The second-order valence-corrected chi connectivity index (χ2v) is 6.16. The number of ether oxygens (including phenoxy) is 1. The third-order valence-electron chi connectivity index (χ3n) is 4.29. The number of halogens is 3. The van der Waals surface area contributed by atoms with E-state index >= 15 is 0 Å². The van der Waals surface area contributed by atoms with Gasteiger partial charge in [0.05, 0.1) is 11.6 Å². The summed E-state index contributed by atoms with van der Waals surface area (Å²) >= 11 is 0. The number of carbonyl (C=O) groups excluding carboxylic acids is 1. The van der Waals surface area contributed by atoms with Gasteiger partial charge in [0.15, 0.2) is 0 Å². The molecule has 1 unspecified atom stereocenters. The summed E-state index contributed by atoms with van der Waals surface area (Å²) in [6, 6.07) is 9.90. The molecule has 1 atom stereocenters. The summed E-state index contributed by atoms with van der Waals surface area (Å²) in [6.45, 7) is 5.78. The lowest BCUT2D eigenvalue weighted by Crippen LogP contribution is -2.39. The molecule has 0 fully saturated rings. The number of hydrogen-bond acceptors (Lipinski definition) is 2. The summed E-state index contributed by atoms with van der Waals surface area (Å²) in [4.78, 5) is 12.5. The first-order valence-electron chi connectivity index (χ1n) is 8.39. The van der Waals surface area contributed by atoms with Crippen LogP contribution in [0.3, 0.4) is 0 Å². The maximum atomic E-state index is 12.8. The summed E-state index contributed by atoms with van der Waals surface area (Å²) in [7, 11) is 0. The summed E-state index contributed by atoms with van der Waals surface area (Å²) in [5.74, 6) is -0.0926. The summed E-state index contributed by atoms with van der Waals surface area (Å²) in [5, 5.41) is 2.88. The zero-order valence-electron chi connectivity index (χ0n) is 15.0. The van der Waals surface area contributed by atoms with Gasteiger partial charge in [-0.15, -0.1) is 0 Å². The van der Waals surface area contributed by atoms with E-state index in [1.54, 1.807) is 6.07 Å². The van der Waals surface area contributed by atoms with Gasteiger partial charge < -0.3 is 10.1 Å². The smallest absolute Gasteiger partial charge is 0.416 e. The van der Waals surface area contributed by atoms with Gasteiger partial charge in [-0.25, -0.2) is 0 Å². The van der Waals surface area contributed by atoms with E-state index in [-0.39, 0.29) is 24.3 Å². The Morgan fingerprint density at radius 3 is 2.50 bits per heavy atom. The van der Waals surface area contributed by atoms with Crippen LogP contribution in [0.2, 0.25) is 0 Å². The van der Waals surface area contributed by atoms with Crippen molar-refractivity contribution in [2.45, 2.75) is 39.4 Å². The standard InChI is InChI=1S/C20H22F3NO2/c1-4-16(24-19(25)18-10-5-7-13(2)14(18)3)12-26-17-9-6-8-15(11-17)20(21,22)23/h5-11,16H,4,12H2,1-3H3,(H,24,25). The number of amides is 1. The predicted octanol–water partition coefficient (Wildman–Crippen LogP) is 4.91. The third kappa shape index (κ3) is 5.00. The fourth-order valence-corrected chi connectivity index (χ4v) is 2.48. The highest BCUT2D eigenvalue weighted by Gasteiger charge is 2.30. The zero-order valence-corrected chi connectivity index (χ0v) is 15.0. The predicted molar refractivity (Wildman–Crippen MR) is 94.4 cm³/mol. The van der Waals surface area contributed by atoms with Gasteiger partial charge in [-0.05, 0) is 55.7 Å². The fourth-order valence-electron chi connectivity index (χ4n) is 2.48. The zero-order chi connectivity index (χ0) is 19.3. The first kappa shape index (κ1) is 19.8. The van der Waals surface area contributed by atoms with Crippen LogP contribution in [-0.4, -0.2) is 18.6 Å². The summed E-state index contributed by atoms with van der Waals surface area (Å²) in [6.07, 6.45) is -3.82. The highest BCUT2D eigenvalue weighted by Crippen LogP contribution is 2.31. The van der Waals surface area contributed by atoms with Crippen LogP contribution in [0.25, 0.3) is 0 Å². The maximum Gasteiger partial charge on any atom is 0.416 e. The second kappa shape index (κ2) is 8.25. The van der Waals surface area contributed by atoms with Crippen molar-refractivity contribution in [2.75, 3.05) is 6.61 Å². The van der Waals surface area contributed by atoms with Crippen LogP contribution in [0, 0.1) is 13.8 Å². The van der Waals surface area contributed by atoms with Gasteiger partial charge >= 0.3 is 6.18 Å². The number of hydrogen-bond donors (Lipinski definition) is 1. The lowest BCUT2D eigenvalue weighted by Gasteiger charge is -2.19. The van der Waals surface area contributed by atoms with Crippen molar-refractivity contribution in [3.63, 3.8) is 0 Å². The molecule has 140 valence electrons. The Bertz CT molecular complexity index is 772. The van der Waals surface area contributed by atoms with Crippen molar-refractivity contribution in [3.8, 4) is 5.75 Å². The lowest BCUT2D eigenvalue weighted by atomic mass is 10.0. The molecule has 0 aliphatic heterocycles. The first-order valence-corrected chi connectivity index (χ1v) is 8.39. The van der Waals surface area contributed by atoms with E-state index in [9.17, 15) is 18.0 Å². The second-order valence-electron chi connectivity index (χ2n) is 6.16. The normalized spacial score (nSPS) is 12.5. The van der Waals surface area contributed by atoms with E-state index in [0.717, 1.165) is 23.3 Å². The Morgan fingerprint density at radius 2 is 1.85 bits per heavy atom. The van der Waals surface area contributed by atoms with E-state index < -0.39 is 11.7 Å². The molecule has 1 amide bonds. The van der Waals surface area contributed by atoms with Gasteiger partial charge in [0, 0.05) is 5.56 Å². The number of rotatable bonds is 6. The summed E-state index contributed by atoms with van der Waals surface area (Å²) in [5.41, 5.74) is 1.74. The van der Waals surface area contributed by atoms with Crippen molar-refractivity contribution in [2.24, 2.45) is 0 Å². The molecular formula is C20H22F3NO2. The molecule has 26 heavy (non-hydrogen) atoms. The molecule has 2 aromatic carbocycles. The van der Waals surface area contributed by atoms with Gasteiger partial charge in [0.2, 0.25) is 0 Å². The van der Waals surface area contributed by atoms with Gasteiger partial charge in [0.1, 0.15) is 12.4 Å². The Balaban J connectivity index is 2.02. The van der Waals surface area contributed by atoms with Gasteiger partial charge in [-0.3, -0.25) is 4.79 Å². The molecule has 0 heterocycles. The van der Waals surface area contributed by atoms with E-state index in [1.165, 1.54) is 12.1 Å². The minimum atomic E-state index is -4.42. The van der Waals surface area contributed by atoms with Crippen molar-refractivity contribution in [3.05, 3.63) is 64.7 Å².